The average Bonchev–Trinajstić information content (AvgIpc) is 3.46. The molecule has 10 heteroatoms. The number of aliphatic hydroxyl groups excluding tert-OH is 1. The second-order valence-corrected chi connectivity index (χ2v) is 11.3. The van der Waals surface area contributed by atoms with Crippen molar-refractivity contribution in [3.8, 4) is 0 Å². The molecule has 1 fully saturated rings. The number of nitrogens with zero attached hydrogens (tertiary/aromatic N) is 8. The normalized spacial score (nSPS) is 16.5. The number of benzene rings is 3. The molecule has 1 saturated heterocycles. The molecule has 4 heterocycles. The van der Waals surface area contributed by atoms with Gasteiger partial charge in [-0.1, -0.05) is 18.2 Å². The molecular formula is C32H33FN8O. The van der Waals surface area contributed by atoms with Gasteiger partial charge in [0.15, 0.2) is 0 Å². The van der Waals surface area contributed by atoms with Crippen LogP contribution in [-0.2, 0) is 26.1 Å². The molecule has 5 aromatic rings. The summed E-state index contributed by atoms with van der Waals surface area (Å²) in [5, 5.41) is 22.0. The Kier molecular flexibility index (Phi) is 7.33. The molecular weight excluding hydrogens is 531 g/mol. The summed E-state index contributed by atoms with van der Waals surface area (Å²) in [4.78, 5) is 15.1. The summed E-state index contributed by atoms with van der Waals surface area (Å²) < 4.78 is 13.7. The zero-order chi connectivity index (χ0) is 28.5. The summed E-state index contributed by atoms with van der Waals surface area (Å²) in [7, 11) is 0. The second-order valence-electron chi connectivity index (χ2n) is 11.3. The summed E-state index contributed by atoms with van der Waals surface area (Å²) in [5.41, 5.74) is 7.24. The Balaban J connectivity index is 1.18. The van der Waals surface area contributed by atoms with Gasteiger partial charge in [0, 0.05) is 50.9 Å². The third kappa shape index (κ3) is 5.74. The van der Waals surface area contributed by atoms with Gasteiger partial charge in [-0.2, -0.15) is 4.79 Å². The molecule has 0 atom stereocenters. The molecule has 7 rings (SSSR count). The van der Waals surface area contributed by atoms with Gasteiger partial charge < -0.3 is 5.11 Å². The molecule has 214 valence electrons. The van der Waals surface area contributed by atoms with Gasteiger partial charge >= 0.3 is 0 Å². The summed E-state index contributed by atoms with van der Waals surface area (Å²) in [6.07, 6.45) is 7.63. The molecule has 2 aromatic heterocycles. The molecule has 0 amide bonds. The first kappa shape index (κ1) is 26.6. The Labute approximate surface area is 243 Å². The van der Waals surface area contributed by atoms with Gasteiger partial charge in [-0.25, -0.2) is 19.4 Å². The molecule has 42 heavy (non-hydrogen) atoms. The Hall–Kier alpha value is -4.25. The first-order valence-corrected chi connectivity index (χ1v) is 14.5. The lowest BCUT2D eigenvalue weighted by molar-refractivity contribution is 0.0786. The van der Waals surface area contributed by atoms with Crippen molar-refractivity contribution in [3.63, 3.8) is 0 Å². The van der Waals surface area contributed by atoms with Crippen LogP contribution in [0.1, 0.15) is 35.2 Å². The van der Waals surface area contributed by atoms with E-state index in [-0.39, 0.29) is 11.9 Å². The molecule has 2 aliphatic rings. The van der Waals surface area contributed by atoms with Crippen LogP contribution < -0.4 is 5.01 Å². The minimum atomic E-state index is -0.207. The molecule has 2 aliphatic heterocycles. The third-order valence-corrected chi connectivity index (χ3v) is 8.23. The van der Waals surface area contributed by atoms with Gasteiger partial charge in [-0.05, 0) is 83.6 Å². The van der Waals surface area contributed by atoms with Gasteiger partial charge in [-0.3, -0.25) is 9.80 Å². The van der Waals surface area contributed by atoms with Gasteiger partial charge in [0.05, 0.1) is 34.9 Å². The topological polar surface area (TPSA) is 86.4 Å². The number of aromatic nitrogens is 5. The zero-order valence-electron chi connectivity index (χ0n) is 23.3. The SMILES string of the molecule is OC1CCN(Cc2cn(N(c3ccc4c(c3)CCN(Cc3cccc(F)c3)C4)c3ccc4ncncc4c3)nn2)CC1. The molecule has 0 bridgehead atoms. The minimum Gasteiger partial charge on any atom is -0.393 e. The maximum absolute atomic E-state index is 13.7. The van der Waals surface area contributed by atoms with Gasteiger partial charge in [0.2, 0.25) is 0 Å². The van der Waals surface area contributed by atoms with E-state index in [4.69, 9.17) is 0 Å². The highest BCUT2D eigenvalue weighted by Gasteiger charge is 2.22. The van der Waals surface area contributed by atoms with E-state index < -0.39 is 0 Å². The number of halogens is 1. The lowest BCUT2D eigenvalue weighted by Crippen LogP contribution is -2.35. The van der Waals surface area contributed by atoms with Crippen LogP contribution >= 0.6 is 0 Å². The van der Waals surface area contributed by atoms with Gasteiger partial charge in [0.25, 0.3) is 0 Å². The van der Waals surface area contributed by atoms with Crippen LogP contribution in [0.3, 0.4) is 0 Å². The molecule has 1 N–H and O–H groups in total. The Morgan fingerprint density at radius 3 is 2.64 bits per heavy atom. The third-order valence-electron chi connectivity index (χ3n) is 8.23. The highest BCUT2D eigenvalue weighted by molar-refractivity contribution is 5.83. The first-order chi connectivity index (χ1) is 20.6. The van der Waals surface area contributed by atoms with Crippen molar-refractivity contribution in [1.82, 2.24) is 34.9 Å². The molecule has 0 aliphatic carbocycles. The number of likely N-dealkylation sites (tertiary alicyclic amines) is 1. The van der Waals surface area contributed by atoms with Gasteiger partial charge in [0.1, 0.15) is 12.1 Å². The molecule has 0 unspecified atom stereocenters. The number of aliphatic hydroxyl groups is 1. The van der Waals surface area contributed by atoms with E-state index in [1.165, 1.54) is 17.2 Å². The van der Waals surface area contributed by atoms with Crippen molar-refractivity contribution >= 4 is 22.3 Å². The zero-order valence-corrected chi connectivity index (χ0v) is 23.3. The maximum Gasteiger partial charge on any atom is 0.123 e. The fourth-order valence-corrected chi connectivity index (χ4v) is 6.01. The lowest BCUT2D eigenvalue weighted by Gasteiger charge is -2.31. The lowest BCUT2D eigenvalue weighted by atomic mass is 9.98. The van der Waals surface area contributed by atoms with E-state index in [9.17, 15) is 9.50 Å². The van der Waals surface area contributed by atoms with Crippen molar-refractivity contribution < 1.29 is 9.50 Å². The number of piperidine rings is 1. The highest BCUT2D eigenvalue weighted by Crippen LogP contribution is 2.32. The summed E-state index contributed by atoms with van der Waals surface area (Å²) in [6, 6.07) is 19.5. The maximum atomic E-state index is 13.7. The second kappa shape index (κ2) is 11.6. The van der Waals surface area contributed by atoms with E-state index in [0.717, 1.165) is 85.5 Å². The Morgan fingerprint density at radius 1 is 0.905 bits per heavy atom. The van der Waals surface area contributed by atoms with Crippen LogP contribution in [0.25, 0.3) is 10.9 Å². The molecule has 9 nitrogen and oxygen atoms in total. The number of rotatable bonds is 7. The van der Waals surface area contributed by atoms with E-state index in [0.29, 0.717) is 6.54 Å². The van der Waals surface area contributed by atoms with E-state index in [1.807, 2.05) is 30.6 Å². The summed E-state index contributed by atoms with van der Waals surface area (Å²) in [6.45, 7) is 4.84. The minimum absolute atomic E-state index is 0.194. The largest absolute Gasteiger partial charge is 0.393 e. The van der Waals surface area contributed by atoms with E-state index in [1.54, 1.807) is 23.3 Å². The predicted octanol–water partition coefficient (Wildman–Crippen LogP) is 4.48. The first-order valence-electron chi connectivity index (χ1n) is 14.5. The van der Waals surface area contributed by atoms with Crippen LogP contribution in [0.2, 0.25) is 0 Å². The smallest absolute Gasteiger partial charge is 0.123 e. The van der Waals surface area contributed by atoms with Crippen LogP contribution in [-0.4, -0.2) is 65.7 Å². The van der Waals surface area contributed by atoms with Crippen LogP contribution in [0.15, 0.2) is 79.4 Å². The van der Waals surface area contributed by atoms with E-state index in [2.05, 4.69) is 59.4 Å². The quantitative estimate of drug-likeness (QED) is 0.310. The average molecular weight is 565 g/mol. The van der Waals surface area contributed by atoms with Crippen LogP contribution in [0.4, 0.5) is 15.8 Å². The summed E-state index contributed by atoms with van der Waals surface area (Å²) in [5.74, 6) is -0.194. The standard InChI is InChI=1S/C32H33FN8O/c33-27-3-1-2-23(14-27)18-39-11-8-24-15-29(5-4-25(24)19-39)41(30-6-7-32-26(16-30)17-34-22-35-32)40-21-28(36-37-40)20-38-12-9-31(42)10-13-38/h1-7,14-17,21-22,31,42H,8-13,18-20H2. The molecule has 3 aromatic carbocycles. The molecule has 0 saturated carbocycles. The van der Waals surface area contributed by atoms with Crippen LogP contribution in [0.5, 0.6) is 0 Å². The van der Waals surface area contributed by atoms with Crippen molar-refractivity contribution in [3.05, 3.63) is 108 Å². The highest BCUT2D eigenvalue weighted by atomic mass is 19.1. The van der Waals surface area contributed by atoms with Crippen molar-refractivity contribution in [2.45, 2.75) is 45.0 Å². The number of fused-ring (bicyclic) bond motifs is 2. The number of hydrogen-bond donors (Lipinski definition) is 1. The fraction of sp³-hybridized carbons (Fsp3) is 0.312. The number of anilines is 2. The molecule has 0 spiro atoms. The number of hydrogen-bond acceptors (Lipinski definition) is 8. The van der Waals surface area contributed by atoms with Crippen molar-refractivity contribution in [1.29, 1.82) is 0 Å². The fourth-order valence-electron chi connectivity index (χ4n) is 6.01. The van der Waals surface area contributed by atoms with E-state index >= 15 is 0 Å². The monoisotopic (exact) mass is 564 g/mol. The Morgan fingerprint density at radius 2 is 1.76 bits per heavy atom. The Bertz CT molecular complexity index is 1700. The van der Waals surface area contributed by atoms with Crippen molar-refractivity contribution in [2.24, 2.45) is 0 Å². The predicted molar refractivity (Wildman–Crippen MR) is 158 cm³/mol. The summed E-state index contributed by atoms with van der Waals surface area (Å²) >= 11 is 0. The molecule has 0 radical (unpaired) electrons. The van der Waals surface area contributed by atoms with Gasteiger partial charge in [-0.15, -0.1) is 5.10 Å². The van der Waals surface area contributed by atoms with Crippen LogP contribution in [0, 0.1) is 5.82 Å². The van der Waals surface area contributed by atoms with Crippen molar-refractivity contribution in [2.75, 3.05) is 24.6 Å².